The highest BCUT2D eigenvalue weighted by molar-refractivity contribution is 5.84. The Morgan fingerprint density at radius 1 is 1.44 bits per heavy atom. The molecule has 106 valence electrons. The van der Waals surface area contributed by atoms with Gasteiger partial charge in [0.15, 0.2) is 0 Å². The minimum atomic E-state index is -0.613. The first kappa shape index (κ1) is 15.4. The Hall–Kier alpha value is -0.610. The van der Waals surface area contributed by atoms with Crippen LogP contribution in [-0.2, 0) is 4.79 Å². The maximum absolute atomic E-state index is 11.5. The molecule has 0 aromatic carbocycles. The lowest BCUT2D eigenvalue weighted by Gasteiger charge is -2.32. The number of amides is 1. The van der Waals surface area contributed by atoms with Crippen LogP contribution in [0.3, 0.4) is 0 Å². The van der Waals surface area contributed by atoms with Gasteiger partial charge in [0.2, 0.25) is 5.91 Å². The van der Waals surface area contributed by atoms with Gasteiger partial charge in [-0.2, -0.15) is 0 Å². The van der Waals surface area contributed by atoms with E-state index in [9.17, 15) is 4.79 Å². The molecule has 4 nitrogen and oxygen atoms in total. The third-order valence-corrected chi connectivity index (χ3v) is 4.44. The number of likely N-dealkylation sites (N-methyl/N-ethyl adjacent to an activating group) is 1. The van der Waals surface area contributed by atoms with Crippen LogP contribution in [0.4, 0.5) is 0 Å². The Kier molecular flexibility index (Phi) is 5.60. The molecule has 0 aromatic rings. The zero-order chi connectivity index (χ0) is 13.8. The van der Waals surface area contributed by atoms with E-state index in [0.717, 1.165) is 24.9 Å². The molecule has 3 N–H and O–H groups in total. The molecule has 1 saturated heterocycles. The fourth-order valence-corrected chi connectivity index (χ4v) is 2.73. The van der Waals surface area contributed by atoms with Gasteiger partial charge < -0.3 is 16.0 Å². The van der Waals surface area contributed by atoms with Crippen LogP contribution >= 0.6 is 0 Å². The Labute approximate surface area is 111 Å². The van der Waals surface area contributed by atoms with Crippen LogP contribution in [0.2, 0.25) is 0 Å². The number of primary amides is 1. The van der Waals surface area contributed by atoms with Gasteiger partial charge in [0.25, 0.3) is 0 Å². The number of hydrogen-bond donors (Lipinski definition) is 2. The number of nitrogens with one attached hydrogen (secondary N) is 1. The molecule has 0 bridgehead atoms. The number of carbonyl (C=O) groups is 1. The fraction of sp³-hybridized carbons (Fsp3) is 0.929. The van der Waals surface area contributed by atoms with E-state index < -0.39 is 5.54 Å². The summed E-state index contributed by atoms with van der Waals surface area (Å²) in [6, 6.07) is 0. The van der Waals surface area contributed by atoms with Crippen molar-refractivity contribution in [3.05, 3.63) is 0 Å². The molecule has 1 fully saturated rings. The second-order valence-electron chi connectivity index (χ2n) is 6.16. The molecule has 0 aromatic heterocycles. The van der Waals surface area contributed by atoms with Gasteiger partial charge in [-0.1, -0.05) is 13.8 Å². The van der Waals surface area contributed by atoms with Crippen LogP contribution in [0.1, 0.15) is 40.0 Å². The van der Waals surface area contributed by atoms with Crippen molar-refractivity contribution in [3.8, 4) is 0 Å². The zero-order valence-corrected chi connectivity index (χ0v) is 12.3. The van der Waals surface area contributed by atoms with E-state index in [4.69, 9.17) is 5.73 Å². The average Bonchev–Trinajstić information content (AvgIpc) is 2.54. The number of rotatable bonds is 5. The number of nitrogens with zero attached hydrogens (tertiary/aromatic N) is 1. The van der Waals surface area contributed by atoms with E-state index in [0.29, 0.717) is 6.54 Å². The first-order valence-electron chi connectivity index (χ1n) is 7.10. The normalized spacial score (nSPS) is 25.7. The van der Waals surface area contributed by atoms with Crippen molar-refractivity contribution in [3.63, 3.8) is 0 Å². The number of hydrogen-bond acceptors (Lipinski definition) is 3. The highest BCUT2D eigenvalue weighted by Crippen LogP contribution is 2.25. The van der Waals surface area contributed by atoms with Gasteiger partial charge in [-0.15, -0.1) is 0 Å². The van der Waals surface area contributed by atoms with Crippen molar-refractivity contribution >= 4 is 5.91 Å². The van der Waals surface area contributed by atoms with Gasteiger partial charge in [0.05, 0.1) is 0 Å². The monoisotopic (exact) mass is 255 g/mol. The second kappa shape index (κ2) is 6.53. The van der Waals surface area contributed by atoms with Gasteiger partial charge in [0, 0.05) is 6.54 Å². The maximum atomic E-state index is 11.5. The molecule has 4 heteroatoms. The van der Waals surface area contributed by atoms with E-state index in [-0.39, 0.29) is 5.91 Å². The van der Waals surface area contributed by atoms with Crippen LogP contribution in [0.5, 0.6) is 0 Å². The van der Waals surface area contributed by atoms with Gasteiger partial charge in [-0.25, -0.2) is 0 Å². The van der Waals surface area contributed by atoms with Gasteiger partial charge in [-0.05, 0) is 58.2 Å². The molecule has 18 heavy (non-hydrogen) atoms. The standard InChI is InChI=1S/C14H29N3O/c1-11(2)12-6-5-8-17(9-7-12)10-14(3,16-4)13(15)18/h11-12,16H,5-10H2,1-4H3,(H2,15,18). The maximum Gasteiger partial charge on any atom is 0.238 e. The average molecular weight is 255 g/mol. The molecule has 1 heterocycles. The summed E-state index contributed by atoms with van der Waals surface area (Å²) in [4.78, 5) is 13.9. The summed E-state index contributed by atoms with van der Waals surface area (Å²) in [6.07, 6.45) is 3.76. The molecule has 0 radical (unpaired) electrons. The van der Waals surface area contributed by atoms with Gasteiger partial charge >= 0.3 is 0 Å². The Bertz CT molecular complexity index is 280. The summed E-state index contributed by atoms with van der Waals surface area (Å²) in [5.41, 5.74) is 4.87. The highest BCUT2D eigenvalue weighted by Gasteiger charge is 2.32. The minimum absolute atomic E-state index is 0.269. The molecule has 1 rings (SSSR count). The van der Waals surface area contributed by atoms with Gasteiger partial charge in [-0.3, -0.25) is 4.79 Å². The lowest BCUT2D eigenvalue weighted by Crippen LogP contribution is -2.58. The van der Waals surface area contributed by atoms with Crippen LogP contribution < -0.4 is 11.1 Å². The number of nitrogens with two attached hydrogens (primary N) is 1. The Balaban J connectivity index is 2.56. The van der Waals surface area contributed by atoms with E-state index >= 15 is 0 Å². The van der Waals surface area contributed by atoms with E-state index in [2.05, 4.69) is 24.1 Å². The summed E-state index contributed by atoms with van der Waals surface area (Å²) < 4.78 is 0. The predicted molar refractivity (Wildman–Crippen MR) is 75.3 cm³/mol. The first-order chi connectivity index (χ1) is 8.39. The molecule has 1 aliphatic heterocycles. The SMILES string of the molecule is CNC(C)(CN1CCCC(C(C)C)CC1)C(N)=O. The Morgan fingerprint density at radius 3 is 2.61 bits per heavy atom. The second-order valence-corrected chi connectivity index (χ2v) is 6.16. The fourth-order valence-electron chi connectivity index (χ4n) is 2.73. The summed E-state index contributed by atoms with van der Waals surface area (Å²) in [6.45, 7) is 9.37. The molecule has 2 atom stereocenters. The van der Waals surface area contributed by atoms with Crippen molar-refractivity contribution in [1.82, 2.24) is 10.2 Å². The molecule has 0 spiro atoms. The molecule has 0 aliphatic carbocycles. The molecule has 1 aliphatic rings. The molecule has 1 amide bonds. The highest BCUT2D eigenvalue weighted by atomic mass is 16.1. The number of likely N-dealkylation sites (tertiary alicyclic amines) is 1. The van der Waals surface area contributed by atoms with Crippen molar-refractivity contribution in [2.45, 2.75) is 45.6 Å². The quantitative estimate of drug-likeness (QED) is 0.776. The minimum Gasteiger partial charge on any atom is -0.368 e. The molecular weight excluding hydrogens is 226 g/mol. The topological polar surface area (TPSA) is 58.4 Å². The van der Waals surface area contributed by atoms with E-state index in [1.807, 2.05) is 6.92 Å². The zero-order valence-electron chi connectivity index (χ0n) is 12.3. The first-order valence-corrected chi connectivity index (χ1v) is 7.10. The molecule has 2 unspecified atom stereocenters. The van der Waals surface area contributed by atoms with Crippen LogP contribution in [0, 0.1) is 11.8 Å². The van der Waals surface area contributed by atoms with E-state index in [1.54, 1.807) is 7.05 Å². The van der Waals surface area contributed by atoms with Crippen molar-refractivity contribution in [2.75, 3.05) is 26.7 Å². The smallest absolute Gasteiger partial charge is 0.238 e. The van der Waals surface area contributed by atoms with Crippen LogP contribution in [0.15, 0.2) is 0 Å². The van der Waals surface area contributed by atoms with Crippen LogP contribution in [-0.4, -0.2) is 43.0 Å². The van der Waals surface area contributed by atoms with Crippen molar-refractivity contribution in [1.29, 1.82) is 0 Å². The third-order valence-electron chi connectivity index (χ3n) is 4.44. The van der Waals surface area contributed by atoms with Crippen molar-refractivity contribution < 1.29 is 4.79 Å². The molecular formula is C14H29N3O. The van der Waals surface area contributed by atoms with Gasteiger partial charge in [0.1, 0.15) is 5.54 Å². The third kappa shape index (κ3) is 3.95. The lowest BCUT2D eigenvalue weighted by atomic mass is 9.89. The molecule has 0 saturated carbocycles. The summed E-state index contributed by atoms with van der Waals surface area (Å²) in [7, 11) is 1.81. The summed E-state index contributed by atoms with van der Waals surface area (Å²) in [5, 5.41) is 3.06. The lowest BCUT2D eigenvalue weighted by molar-refractivity contribution is -0.124. The van der Waals surface area contributed by atoms with Crippen molar-refractivity contribution in [2.24, 2.45) is 17.6 Å². The Morgan fingerprint density at radius 2 is 2.11 bits per heavy atom. The van der Waals surface area contributed by atoms with E-state index in [1.165, 1.54) is 19.3 Å². The van der Waals surface area contributed by atoms with Crippen LogP contribution in [0.25, 0.3) is 0 Å². The largest absolute Gasteiger partial charge is 0.368 e. The number of carbonyl (C=O) groups excluding carboxylic acids is 1. The summed E-state index contributed by atoms with van der Waals surface area (Å²) >= 11 is 0. The summed E-state index contributed by atoms with van der Waals surface area (Å²) in [5.74, 6) is 1.32. The predicted octanol–water partition coefficient (Wildman–Crippen LogP) is 1.21.